The van der Waals surface area contributed by atoms with Crippen molar-refractivity contribution in [3.8, 4) is 0 Å². The number of aryl methyl sites for hydroxylation is 2. The van der Waals surface area contributed by atoms with Crippen molar-refractivity contribution in [1.29, 1.82) is 0 Å². The Kier molecular flexibility index (Phi) is 5.24. The number of alkyl halides is 1. The standard InChI is InChI=1S/C15H18BrNO2S2/c1-10-8-15(12(3)20-10)11(2)17-21(18,19)14-6-4-13(9-16)5-7-14/h4-8,11,17H,9H2,1-3H3. The molecule has 0 spiro atoms. The van der Waals surface area contributed by atoms with Crippen LogP contribution in [0.1, 0.15) is 33.8 Å². The van der Waals surface area contributed by atoms with Crippen LogP contribution in [-0.4, -0.2) is 8.42 Å². The number of hydrogen-bond donors (Lipinski definition) is 1. The van der Waals surface area contributed by atoms with E-state index in [0.717, 1.165) is 16.0 Å². The first-order valence-electron chi connectivity index (χ1n) is 6.57. The fourth-order valence-electron chi connectivity index (χ4n) is 2.20. The van der Waals surface area contributed by atoms with Gasteiger partial charge < -0.3 is 0 Å². The first-order chi connectivity index (χ1) is 9.83. The second-order valence-electron chi connectivity index (χ2n) is 4.99. The highest BCUT2D eigenvalue weighted by Crippen LogP contribution is 2.27. The van der Waals surface area contributed by atoms with E-state index in [4.69, 9.17) is 0 Å². The maximum atomic E-state index is 12.4. The molecular weight excluding hydrogens is 370 g/mol. The molecule has 0 saturated heterocycles. The van der Waals surface area contributed by atoms with Crippen molar-refractivity contribution in [2.24, 2.45) is 0 Å². The summed E-state index contributed by atoms with van der Waals surface area (Å²) in [6.07, 6.45) is 0. The van der Waals surface area contributed by atoms with Gasteiger partial charge in [-0.1, -0.05) is 28.1 Å². The predicted octanol–water partition coefficient (Wildman–Crippen LogP) is 4.30. The Morgan fingerprint density at radius 3 is 2.33 bits per heavy atom. The van der Waals surface area contributed by atoms with Crippen molar-refractivity contribution in [3.63, 3.8) is 0 Å². The molecular formula is C15H18BrNO2S2. The molecule has 0 aliphatic rings. The summed E-state index contributed by atoms with van der Waals surface area (Å²) in [5, 5.41) is 0.713. The molecule has 0 fully saturated rings. The first kappa shape index (κ1) is 16.7. The van der Waals surface area contributed by atoms with Crippen LogP contribution in [0.5, 0.6) is 0 Å². The zero-order valence-electron chi connectivity index (χ0n) is 12.2. The normalized spacial score (nSPS) is 13.3. The van der Waals surface area contributed by atoms with Crippen LogP contribution in [0.25, 0.3) is 0 Å². The van der Waals surface area contributed by atoms with Gasteiger partial charge in [-0.25, -0.2) is 13.1 Å². The molecule has 1 atom stereocenters. The van der Waals surface area contributed by atoms with Gasteiger partial charge in [0.05, 0.1) is 4.90 Å². The second kappa shape index (κ2) is 6.60. The number of halogens is 1. The average molecular weight is 388 g/mol. The molecule has 21 heavy (non-hydrogen) atoms. The van der Waals surface area contributed by atoms with Gasteiger partial charge in [-0.2, -0.15) is 0 Å². The number of thiophene rings is 1. The largest absolute Gasteiger partial charge is 0.241 e. The molecule has 1 unspecified atom stereocenters. The smallest absolute Gasteiger partial charge is 0.207 e. The summed E-state index contributed by atoms with van der Waals surface area (Å²) in [6, 6.07) is 8.70. The van der Waals surface area contributed by atoms with Crippen molar-refractivity contribution in [2.75, 3.05) is 0 Å². The molecule has 6 heteroatoms. The molecule has 0 saturated carbocycles. The van der Waals surface area contributed by atoms with Crippen LogP contribution in [0.3, 0.4) is 0 Å². The van der Waals surface area contributed by atoms with E-state index in [2.05, 4.69) is 20.7 Å². The van der Waals surface area contributed by atoms with Crippen molar-refractivity contribution in [2.45, 2.75) is 37.0 Å². The summed E-state index contributed by atoms with van der Waals surface area (Å²) in [4.78, 5) is 2.64. The van der Waals surface area contributed by atoms with Crippen LogP contribution in [-0.2, 0) is 15.4 Å². The zero-order valence-corrected chi connectivity index (χ0v) is 15.4. The highest BCUT2D eigenvalue weighted by atomic mass is 79.9. The monoisotopic (exact) mass is 387 g/mol. The molecule has 0 radical (unpaired) electrons. The summed E-state index contributed by atoms with van der Waals surface area (Å²) in [7, 11) is -3.50. The number of hydrogen-bond acceptors (Lipinski definition) is 3. The molecule has 1 aromatic heterocycles. The minimum atomic E-state index is -3.50. The second-order valence-corrected chi connectivity index (χ2v) is 8.72. The fraction of sp³-hybridized carbons (Fsp3) is 0.333. The van der Waals surface area contributed by atoms with E-state index in [1.165, 1.54) is 4.88 Å². The lowest BCUT2D eigenvalue weighted by atomic mass is 10.1. The number of rotatable bonds is 5. The van der Waals surface area contributed by atoms with Crippen molar-refractivity contribution >= 4 is 37.3 Å². The van der Waals surface area contributed by atoms with Gasteiger partial charge in [-0.3, -0.25) is 0 Å². The maximum absolute atomic E-state index is 12.4. The van der Waals surface area contributed by atoms with E-state index >= 15 is 0 Å². The molecule has 3 nitrogen and oxygen atoms in total. The summed E-state index contributed by atoms with van der Waals surface area (Å²) in [5.41, 5.74) is 2.09. The van der Waals surface area contributed by atoms with Gasteiger partial charge in [0, 0.05) is 21.1 Å². The van der Waals surface area contributed by atoms with E-state index in [9.17, 15) is 8.42 Å². The molecule has 1 N–H and O–H groups in total. The molecule has 2 aromatic rings. The van der Waals surface area contributed by atoms with Gasteiger partial charge >= 0.3 is 0 Å². The number of benzene rings is 1. The third-order valence-electron chi connectivity index (χ3n) is 3.27. The molecule has 0 amide bonds. The van der Waals surface area contributed by atoms with Crippen molar-refractivity contribution in [3.05, 3.63) is 51.2 Å². The highest BCUT2D eigenvalue weighted by Gasteiger charge is 2.20. The van der Waals surface area contributed by atoms with Crippen LogP contribution in [0.2, 0.25) is 0 Å². The highest BCUT2D eigenvalue weighted by molar-refractivity contribution is 9.08. The quantitative estimate of drug-likeness (QED) is 0.777. The van der Waals surface area contributed by atoms with E-state index in [-0.39, 0.29) is 6.04 Å². The SMILES string of the molecule is Cc1cc(C(C)NS(=O)(=O)c2ccc(CBr)cc2)c(C)s1. The Morgan fingerprint density at radius 2 is 1.86 bits per heavy atom. The van der Waals surface area contributed by atoms with Gasteiger partial charge in [0.1, 0.15) is 0 Å². The summed E-state index contributed by atoms with van der Waals surface area (Å²) in [6.45, 7) is 5.92. The summed E-state index contributed by atoms with van der Waals surface area (Å²) in [5.74, 6) is 0. The lowest BCUT2D eigenvalue weighted by molar-refractivity contribution is 0.567. The van der Waals surface area contributed by atoms with Crippen LogP contribution >= 0.6 is 27.3 Å². The van der Waals surface area contributed by atoms with E-state index in [1.54, 1.807) is 23.5 Å². The molecule has 0 aliphatic heterocycles. The minimum absolute atomic E-state index is 0.240. The van der Waals surface area contributed by atoms with Crippen LogP contribution in [0, 0.1) is 13.8 Å². The lowest BCUT2D eigenvalue weighted by Gasteiger charge is -2.14. The zero-order chi connectivity index (χ0) is 15.6. The Hall–Kier alpha value is -0.690. The number of sulfonamides is 1. The van der Waals surface area contributed by atoms with E-state index < -0.39 is 10.0 Å². The Morgan fingerprint density at radius 1 is 1.24 bits per heavy atom. The van der Waals surface area contributed by atoms with Crippen molar-refractivity contribution < 1.29 is 8.42 Å². The van der Waals surface area contributed by atoms with Crippen LogP contribution < -0.4 is 4.72 Å². The van der Waals surface area contributed by atoms with Gasteiger partial charge in [-0.15, -0.1) is 11.3 Å². The average Bonchev–Trinajstić information content (AvgIpc) is 2.77. The van der Waals surface area contributed by atoms with E-state index in [1.807, 2.05) is 39.0 Å². The molecule has 114 valence electrons. The minimum Gasteiger partial charge on any atom is -0.207 e. The Bertz CT molecular complexity index is 721. The summed E-state index contributed by atoms with van der Waals surface area (Å²) < 4.78 is 27.6. The van der Waals surface area contributed by atoms with Crippen molar-refractivity contribution in [1.82, 2.24) is 4.72 Å². The Balaban J connectivity index is 2.22. The third kappa shape index (κ3) is 3.94. The van der Waals surface area contributed by atoms with Gasteiger partial charge in [0.15, 0.2) is 0 Å². The topological polar surface area (TPSA) is 46.2 Å². The maximum Gasteiger partial charge on any atom is 0.241 e. The van der Waals surface area contributed by atoms with Crippen LogP contribution in [0.15, 0.2) is 35.2 Å². The molecule has 1 aromatic carbocycles. The molecule has 0 bridgehead atoms. The predicted molar refractivity (Wildman–Crippen MR) is 91.6 cm³/mol. The van der Waals surface area contributed by atoms with E-state index in [0.29, 0.717) is 10.2 Å². The molecule has 1 heterocycles. The molecule has 0 aliphatic carbocycles. The first-order valence-corrected chi connectivity index (χ1v) is 10.00. The van der Waals surface area contributed by atoms with Crippen LogP contribution in [0.4, 0.5) is 0 Å². The molecule has 2 rings (SSSR count). The lowest BCUT2D eigenvalue weighted by Crippen LogP contribution is -2.27. The Labute approximate surface area is 138 Å². The van der Waals surface area contributed by atoms with Gasteiger partial charge in [-0.05, 0) is 50.1 Å². The van der Waals surface area contributed by atoms with Gasteiger partial charge in [0.2, 0.25) is 10.0 Å². The fourth-order valence-corrected chi connectivity index (χ4v) is 4.82. The summed E-state index contributed by atoms with van der Waals surface area (Å²) >= 11 is 5.03. The van der Waals surface area contributed by atoms with Gasteiger partial charge in [0.25, 0.3) is 0 Å². The third-order valence-corrected chi connectivity index (χ3v) is 6.45. The number of nitrogens with one attached hydrogen (secondary N) is 1.